The van der Waals surface area contributed by atoms with Gasteiger partial charge in [0.25, 0.3) is 0 Å². The average Bonchev–Trinajstić information content (AvgIpc) is 2.04. The van der Waals surface area contributed by atoms with E-state index < -0.39 is 0 Å². The van der Waals surface area contributed by atoms with E-state index >= 15 is 0 Å². The third-order valence-electron chi connectivity index (χ3n) is 1.13. The number of nitrogens with zero attached hydrogens (tertiary/aromatic N) is 3. The van der Waals surface area contributed by atoms with Crippen LogP contribution in [0.1, 0.15) is 5.56 Å². The van der Waals surface area contributed by atoms with Crippen LogP contribution in [0.5, 0.6) is 0 Å². The minimum Gasteiger partial charge on any atom is -1.00 e. The Balaban J connectivity index is 0.000001000. The fourth-order valence-corrected chi connectivity index (χ4v) is 0.655. The first kappa shape index (κ1) is 9.42. The number of rotatable bonds is 0. The summed E-state index contributed by atoms with van der Waals surface area (Å²) in [4.78, 5) is 2.92. The van der Waals surface area contributed by atoms with E-state index in [4.69, 9.17) is 10.7 Å². The maximum absolute atomic E-state index is 8.43. The van der Waals surface area contributed by atoms with Gasteiger partial charge in [0.1, 0.15) is 11.6 Å². The molecule has 0 spiro atoms. The van der Waals surface area contributed by atoms with Crippen LogP contribution in [0.15, 0.2) is 24.3 Å². The summed E-state index contributed by atoms with van der Waals surface area (Å²) in [5.41, 5.74) is 0.690. The average molecular weight is 166 g/mol. The molecule has 4 heteroatoms. The van der Waals surface area contributed by atoms with Crippen LogP contribution < -0.4 is 12.4 Å². The van der Waals surface area contributed by atoms with Crippen LogP contribution >= 0.6 is 0 Å². The predicted molar refractivity (Wildman–Crippen MR) is 35.9 cm³/mol. The summed E-state index contributed by atoms with van der Waals surface area (Å²) in [5.74, 6) is 0. The zero-order chi connectivity index (χ0) is 7.40. The molecule has 0 aliphatic carbocycles. The minimum atomic E-state index is 0. The van der Waals surface area contributed by atoms with E-state index in [1.165, 1.54) is 0 Å². The minimum absolute atomic E-state index is 0. The molecule has 0 aliphatic rings. The molecule has 0 heterocycles. The fraction of sp³-hybridized carbons (Fsp3) is 0. The largest absolute Gasteiger partial charge is 1.00 e. The Morgan fingerprint density at radius 2 is 1.91 bits per heavy atom. The molecular weight excluding hydrogens is 162 g/mol. The first-order valence-corrected chi connectivity index (χ1v) is 2.72. The second-order valence-corrected chi connectivity index (χ2v) is 1.73. The molecule has 11 heavy (non-hydrogen) atoms. The Morgan fingerprint density at radius 3 is 2.36 bits per heavy atom. The van der Waals surface area contributed by atoms with Gasteiger partial charge in [-0.3, -0.25) is 0 Å². The molecule has 1 aromatic rings. The molecule has 0 saturated carbocycles. The van der Waals surface area contributed by atoms with Crippen molar-refractivity contribution in [3.8, 4) is 6.07 Å². The Labute approximate surface area is 70.3 Å². The van der Waals surface area contributed by atoms with Crippen LogP contribution in [0.4, 0.5) is 5.69 Å². The third kappa shape index (κ3) is 1.93. The van der Waals surface area contributed by atoms with E-state index in [-0.39, 0.29) is 12.4 Å². The highest BCUT2D eigenvalue weighted by Crippen LogP contribution is 2.16. The molecule has 0 saturated heterocycles. The Hall–Kier alpha value is -1.58. The van der Waals surface area contributed by atoms with Crippen LogP contribution in [0, 0.1) is 16.7 Å². The molecule has 0 radical (unpaired) electrons. The van der Waals surface area contributed by atoms with Crippen molar-refractivity contribution < 1.29 is 12.4 Å². The van der Waals surface area contributed by atoms with Gasteiger partial charge < -0.3 is 12.4 Å². The van der Waals surface area contributed by atoms with Crippen LogP contribution in [0.2, 0.25) is 0 Å². The van der Waals surface area contributed by atoms with Crippen LogP contribution in [0.3, 0.4) is 0 Å². The van der Waals surface area contributed by atoms with Crippen molar-refractivity contribution >= 4 is 5.69 Å². The van der Waals surface area contributed by atoms with E-state index in [2.05, 4.69) is 4.98 Å². The van der Waals surface area contributed by atoms with E-state index in [1.807, 2.05) is 6.07 Å². The van der Waals surface area contributed by atoms with Crippen molar-refractivity contribution in [2.45, 2.75) is 0 Å². The molecule has 0 bridgehead atoms. The zero-order valence-electron chi connectivity index (χ0n) is 5.53. The molecule has 0 unspecified atom stereocenters. The van der Waals surface area contributed by atoms with E-state index in [0.29, 0.717) is 11.3 Å². The molecule has 0 fully saturated rings. The van der Waals surface area contributed by atoms with Gasteiger partial charge >= 0.3 is 5.69 Å². The highest BCUT2D eigenvalue weighted by Gasteiger charge is 2.09. The summed E-state index contributed by atoms with van der Waals surface area (Å²) < 4.78 is 0. The summed E-state index contributed by atoms with van der Waals surface area (Å²) in [6.07, 6.45) is 0. The zero-order valence-corrected chi connectivity index (χ0v) is 6.28. The summed E-state index contributed by atoms with van der Waals surface area (Å²) in [7, 11) is 0. The predicted octanol–water partition coefficient (Wildman–Crippen LogP) is -0.953. The molecule has 0 amide bonds. The number of nitriles is 1. The highest BCUT2D eigenvalue weighted by molar-refractivity contribution is 5.57. The van der Waals surface area contributed by atoms with Gasteiger partial charge in [-0.1, -0.05) is 12.1 Å². The van der Waals surface area contributed by atoms with Gasteiger partial charge in [-0.15, -0.1) is 0 Å². The Bertz CT molecular complexity index is 288. The van der Waals surface area contributed by atoms with Gasteiger partial charge in [0.05, 0.1) is 0 Å². The van der Waals surface area contributed by atoms with Crippen molar-refractivity contribution in [2.75, 3.05) is 0 Å². The molecule has 1 rings (SSSR count). The second-order valence-electron chi connectivity index (χ2n) is 1.73. The number of hydrogen-bond acceptors (Lipinski definition) is 2. The molecule has 0 atom stereocenters. The number of benzene rings is 1. The quantitative estimate of drug-likeness (QED) is 0.466. The van der Waals surface area contributed by atoms with Gasteiger partial charge in [0, 0.05) is 6.07 Å². The van der Waals surface area contributed by atoms with Crippen molar-refractivity contribution in [3.63, 3.8) is 0 Å². The molecule has 54 valence electrons. The molecular formula is C7H4ClN3. The van der Waals surface area contributed by atoms with Crippen LogP contribution in [-0.4, -0.2) is 0 Å². The second kappa shape index (κ2) is 4.27. The molecule has 3 nitrogen and oxygen atoms in total. The summed E-state index contributed by atoms with van der Waals surface area (Å²) >= 11 is 0. The Morgan fingerprint density at radius 1 is 1.27 bits per heavy atom. The lowest BCUT2D eigenvalue weighted by atomic mass is 10.2. The van der Waals surface area contributed by atoms with Crippen molar-refractivity contribution in [1.29, 1.82) is 10.7 Å². The topological polar surface area (TPSA) is 51.9 Å². The standard InChI is InChI=1S/C7H4N3.ClH/c8-5-6-3-1-2-4-7(6)10-9;/h1-4H;1H/q+1;/p-1. The summed E-state index contributed by atoms with van der Waals surface area (Å²) in [6, 6.07) is 8.47. The van der Waals surface area contributed by atoms with Gasteiger partial charge in [-0.25, -0.2) is 0 Å². The van der Waals surface area contributed by atoms with Gasteiger partial charge in [-0.05, 0) is 6.07 Å². The van der Waals surface area contributed by atoms with Gasteiger partial charge in [0.15, 0.2) is 4.98 Å². The maximum atomic E-state index is 8.43. The first-order valence-electron chi connectivity index (χ1n) is 2.72. The lowest BCUT2D eigenvalue weighted by Crippen LogP contribution is -3.00. The molecule has 0 N–H and O–H groups in total. The van der Waals surface area contributed by atoms with Crippen molar-refractivity contribution in [3.05, 3.63) is 34.8 Å². The third-order valence-corrected chi connectivity index (χ3v) is 1.13. The number of halogens is 1. The molecule has 0 aliphatic heterocycles. The van der Waals surface area contributed by atoms with Crippen LogP contribution in [-0.2, 0) is 0 Å². The molecule has 1 aromatic carbocycles. The summed E-state index contributed by atoms with van der Waals surface area (Å²) in [5, 5.41) is 16.8. The van der Waals surface area contributed by atoms with E-state index in [1.54, 1.807) is 24.3 Å². The van der Waals surface area contributed by atoms with Gasteiger partial charge in [0.2, 0.25) is 5.39 Å². The SMILES string of the molecule is N#Cc1ccccc1[N+]#N.[Cl-]. The van der Waals surface area contributed by atoms with E-state index in [9.17, 15) is 0 Å². The van der Waals surface area contributed by atoms with E-state index in [0.717, 1.165) is 0 Å². The maximum Gasteiger partial charge on any atom is 0.402 e. The van der Waals surface area contributed by atoms with Gasteiger partial charge in [-0.2, -0.15) is 5.26 Å². The smallest absolute Gasteiger partial charge is 0.402 e. The number of diazo groups is 1. The first-order chi connectivity index (χ1) is 4.88. The lowest BCUT2D eigenvalue weighted by Gasteiger charge is -1.78. The summed E-state index contributed by atoms with van der Waals surface area (Å²) in [6.45, 7) is 0. The Kier molecular flexibility index (Phi) is 3.66. The highest BCUT2D eigenvalue weighted by atomic mass is 35.5. The lowest BCUT2D eigenvalue weighted by molar-refractivity contribution is -0.00000248. The van der Waals surface area contributed by atoms with Crippen molar-refractivity contribution in [1.82, 2.24) is 0 Å². The monoisotopic (exact) mass is 165 g/mol. The fourth-order valence-electron chi connectivity index (χ4n) is 0.655. The normalized spacial score (nSPS) is 7.09. The van der Waals surface area contributed by atoms with Crippen LogP contribution in [0.25, 0.3) is 4.98 Å². The van der Waals surface area contributed by atoms with Crippen molar-refractivity contribution in [2.24, 2.45) is 0 Å². The number of hydrogen-bond donors (Lipinski definition) is 0. The molecule has 0 aromatic heterocycles.